The van der Waals surface area contributed by atoms with Crippen molar-refractivity contribution in [2.24, 2.45) is 0 Å². The molecule has 1 radical (unpaired) electrons. The van der Waals surface area contributed by atoms with Gasteiger partial charge in [0.25, 0.3) is 5.91 Å². The molecule has 113 valence electrons. The van der Waals surface area contributed by atoms with Gasteiger partial charge in [0, 0.05) is 18.0 Å². The van der Waals surface area contributed by atoms with E-state index in [1.807, 2.05) is 0 Å². The van der Waals surface area contributed by atoms with Crippen molar-refractivity contribution >= 4 is 17.4 Å². The third kappa shape index (κ3) is 3.13. The molecule has 0 aliphatic rings. The van der Waals surface area contributed by atoms with Crippen LogP contribution in [0.2, 0.25) is 0 Å². The van der Waals surface area contributed by atoms with Crippen LogP contribution in [-0.2, 0) is 0 Å². The van der Waals surface area contributed by atoms with Crippen molar-refractivity contribution < 1.29 is 9.18 Å². The summed E-state index contributed by atoms with van der Waals surface area (Å²) in [6.07, 6.45) is 4.58. The van der Waals surface area contributed by atoms with E-state index in [2.05, 4.69) is 20.3 Å². The molecule has 0 fully saturated rings. The van der Waals surface area contributed by atoms with E-state index >= 15 is 0 Å². The average Bonchev–Trinajstić information content (AvgIpc) is 2.58. The summed E-state index contributed by atoms with van der Waals surface area (Å²) in [5, 5.41) is 2.39. The van der Waals surface area contributed by atoms with Gasteiger partial charge in [0.05, 0.1) is 17.6 Å². The fraction of sp³-hybridized carbons (Fsp3) is 0. The number of nitrogens with one attached hydrogen (secondary N) is 2. The molecule has 0 saturated carbocycles. The number of hydrogen-bond donors (Lipinski definition) is 1. The number of carbonyl (C=O) groups excluding carboxylic acids is 1. The summed E-state index contributed by atoms with van der Waals surface area (Å²) in [6.45, 7) is 0. The quantitative estimate of drug-likeness (QED) is 0.805. The van der Waals surface area contributed by atoms with Crippen molar-refractivity contribution in [3.05, 3.63) is 66.5 Å². The molecule has 0 atom stereocenters. The molecule has 6 nitrogen and oxygen atoms in total. The van der Waals surface area contributed by atoms with E-state index in [1.165, 1.54) is 24.4 Å². The Kier molecular flexibility index (Phi) is 3.92. The number of anilines is 1. The Morgan fingerprint density at radius 2 is 1.96 bits per heavy atom. The maximum atomic E-state index is 13.6. The van der Waals surface area contributed by atoms with E-state index in [9.17, 15) is 9.18 Å². The van der Waals surface area contributed by atoms with Crippen molar-refractivity contribution in [3.8, 4) is 11.3 Å². The number of aromatic nitrogens is 3. The van der Waals surface area contributed by atoms with Gasteiger partial charge in [0.15, 0.2) is 11.5 Å². The molecule has 23 heavy (non-hydrogen) atoms. The van der Waals surface area contributed by atoms with Crippen LogP contribution >= 0.6 is 0 Å². The van der Waals surface area contributed by atoms with Crippen molar-refractivity contribution in [1.82, 2.24) is 20.7 Å². The van der Waals surface area contributed by atoms with E-state index < -0.39 is 11.7 Å². The van der Waals surface area contributed by atoms with E-state index in [-0.39, 0.29) is 17.2 Å². The topological polar surface area (TPSA) is 91.6 Å². The van der Waals surface area contributed by atoms with E-state index in [1.54, 1.807) is 30.6 Å². The van der Waals surface area contributed by atoms with Gasteiger partial charge < -0.3 is 5.32 Å². The maximum absolute atomic E-state index is 13.6. The Morgan fingerprint density at radius 3 is 2.70 bits per heavy atom. The maximum Gasteiger partial charge on any atom is 0.278 e. The lowest BCUT2D eigenvalue weighted by Crippen LogP contribution is -2.16. The molecule has 0 unspecified atom stereocenters. The molecule has 0 aliphatic heterocycles. The number of amides is 1. The van der Waals surface area contributed by atoms with Gasteiger partial charge in [-0.3, -0.25) is 15.5 Å². The zero-order chi connectivity index (χ0) is 16.2. The molecule has 0 spiro atoms. The fourth-order valence-electron chi connectivity index (χ4n) is 1.94. The Balaban J connectivity index is 1.93. The highest BCUT2D eigenvalue weighted by Gasteiger charge is 2.16. The molecule has 3 aromatic rings. The van der Waals surface area contributed by atoms with Gasteiger partial charge >= 0.3 is 0 Å². The summed E-state index contributed by atoms with van der Waals surface area (Å²) >= 11 is 0. The number of halogens is 1. The summed E-state index contributed by atoms with van der Waals surface area (Å²) in [7, 11) is 0. The number of carbonyl (C=O) groups is 1. The van der Waals surface area contributed by atoms with Crippen LogP contribution in [0.25, 0.3) is 11.3 Å². The van der Waals surface area contributed by atoms with Crippen molar-refractivity contribution in [1.29, 1.82) is 0 Å². The molecule has 2 heterocycles. The second kappa shape index (κ2) is 6.18. The SMILES string of the molecule is [NH]c1ncc(-c2cccnc2)nc1C(=O)Nc1ccccc1F. The predicted octanol–water partition coefficient (Wildman–Crippen LogP) is 2.84. The minimum absolute atomic E-state index is 0.0190. The number of para-hydroxylation sites is 1. The molecular weight excluding hydrogens is 297 g/mol. The first-order valence-corrected chi connectivity index (χ1v) is 6.70. The van der Waals surface area contributed by atoms with Crippen LogP contribution in [0.4, 0.5) is 15.9 Å². The van der Waals surface area contributed by atoms with Gasteiger partial charge in [-0.1, -0.05) is 12.1 Å². The summed E-state index contributed by atoms with van der Waals surface area (Å²) < 4.78 is 13.6. The first kappa shape index (κ1) is 14.6. The highest BCUT2D eigenvalue weighted by atomic mass is 19.1. The van der Waals surface area contributed by atoms with Crippen molar-refractivity contribution in [2.75, 3.05) is 5.32 Å². The average molecular weight is 308 g/mol. The van der Waals surface area contributed by atoms with E-state index in [4.69, 9.17) is 5.73 Å². The van der Waals surface area contributed by atoms with Crippen LogP contribution in [0.3, 0.4) is 0 Å². The molecule has 0 bridgehead atoms. The molecule has 1 amide bonds. The molecule has 0 aliphatic carbocycles. The number of nitrogens with zero attached hydrogens (tertiary/aromatic N) is 3. The lowest BCUT2D eigenvalue weighted by molar-refractivity contribution is 0.102. The van der Waals surface area contributed by atoms with Gasteiger partial charge in [-0.05, 0) is 24.3 Å². The number of hydrogen-bond acceptors (Lipinski definition) is 4. The standard InChI is InChI=1S/C16H11FN5O/c17-11-5-1-2-6-12(11)22-16(23)14-15(18)20-9-13(21-14)10-4-3-7-19-8-10/h1-9,18H,(H,22,23). The van der Waals surface area contributed by atoms with Gasteiger partial charge in [-0.25, -0.2) is 14.4 Å². The second-order valence-corrected chi connectivity index (χ2v) is 4.63. The minimum Gasteiger partial charge on any atom is -0.318 e. The van der Waals surface area contributed by atoms with E-state index in [0.29, 0.717) is 11.3 Å². The molecule has 2 N–H and O–H groups in total. The van der Waals surface area contributed by atoms with Gasteiger partial charge in [0.1, 0.15) is 5.82 Å². The first-order valence-electron chi connectivity index (χ1n) is 6.70. The zero-order valence-electron chi connectivity index (χ0n) is 11.8. The number of pyridine rings is 1. The van der Waals surface area contributed by atoms with Crippen molar-refractivity contribution in [2.45, 2.75) is 0 Å². The Hall–Kier alpha value is -3.35. The third-order valence-corrected chi connectivity index (χ3v) is 3.07. The molecule has 7 heteroatoms. The normalized spacial score (nSPS) is 10.3. The third-order valence-electron chi connectivity index (χ3n) is 3.07. The summed E-state index contributed by atoms with van der Waals surface area (Å²) in [6, 6.07) is 9.26. The van der Waals surface area contributed by atoms with Crippen LogP contribution in [-0.4, -0.2) is 20.9 Å². The van der Waals surface area contributed by atoms with Gasteiger partial charge in [0.2, 0.25) is 0 Å². The van der Waals surface area contributed by atoms with Crippen LogP contribution in [0, 0.1) is 5.82 Å². The number of rotatable bonds is 3. The molecule has 3 rings (SSSR count). The highest BCUT2D eigenvalue weighted by molar-refractivity contribution is 6.05. The van der Waals surface area contributed by atoms with Crippen LogP contribution in [0.5, 0.6) is 0 Å². The Morgan fingerprint density at radius 1 is 1.13 bits per heavy atom. The summed E-state index contributed by atoms with van der Waals surface area (Å²) in [5.74, 6) is -1.55. The predicted molar refractivity (Wildman–Crippen MR) is 82.4 cm³/mol. The Bertz CT molecular complexity index is 854. The fourth-order valence-corrected chi connectivity index (χ4v) is 1.94. The second-order valence-electron chi connectivity index (χ2n) is 4.63. The smallest absolute Gasteiger partial charge is 0.278 e. The molecule has 1 aromatic carbocycles. The van der Waals surface area contributed by atoms with Gasteiger partial charge in [-0.15, -0.1) is 0 Å². The monoisotopic (exact) mass is 308 g/mol. The van der Waals surface area contributed by atoms with Crippen molar-refractivity contribution in [3.63, 3.8) is 0 Å². The van der Waals surface area contributed by atoms with Gasteiger partial charge in [-0.2, -0.15) is 0 Å². The number of benzene rings is 1. The van der Waals surface area contributed by atoms with Crippen LogP contribution in [0.1, 0.15) is 10.5 Å². The summed E-state index contributed by atoms with van der Waals surface area (Å²) in [4.78, 5) is 24.2. The summed E-state index contributed by atoms with van der Waals surface area (Å²) in [5.41, 5.74) is 8.65. The lowest BCUT2D eigenvalue weighted by atomic mass is 10.2. The lowest BCUT2D eigenvalue weighted by Gasteiger charge is -2.08. The van der Waals surface area contributed by atoms with E-state index in [0.717, 1.165) is 0 Å². The molecular formula is C16H11FN5O. The van der Waals surface area contributed by atoms with Crippen LogP contribution in [0.15, 0.2) is 55.0 Å². The first-order chi connectivity index (χ1) is 11.1. The largest absolute Gasteiger partial charge is 0.318 e. The minimum atomic E-state index is -0.696. The molecule has 2 aromatic heterocycles. The Labute approximate surface area is 131 Å². The zero-order valence-corrected chi connectivity index (χ0v) is 11.8. The van der Waals surface area contributed by atoms with Crippen LogP contribution < -0.4 is 11.1 Å². The highest BCUT2D eigenvalue weighted by Crippen LogP contribution is 2.19. The molecule has 0 saturated heterocycles.